The lowest BCUT2D eigenvalue weighted by molar-refractivity contribution is -0.116. The maximum Gasteiger partial charge on any atom is 0.227 e. The molecule has 2 aromatic heterocycles. The predicted octanol–water partition coefficient (Wildman–Crippen LogP) is 4.96. The van der Waals surface area contributed by atoms with Gasteiger partial charge in [-0.15, -0.1) is 0 Å². The third-order valence-electron chi connectivity index (χ3n) is 4.82. The Hall–Kier alpha value is -3.40. The number of carbonyl (C=O) groups excluding carboxylic acids is 1. The van der Waals surface area contributed by atoms with Gasteiger partial charge in [0.1, 0.15) is 5.82 Å². The zero-order chi connectivity index (χ0) is 18.6. The summed E-state index contributed by atoms with van der Waals surface area (Å²) in [5.41, 5.74) is 2.09. The minimum Gasteiger partial charge on any atom is -0.346 e. The molecule has 0 unspecified atom stereocenters. The van der Waals surface area contributed by atoms with Gasteiger partial charge in [0.2, 0.25) is 5.91 Å². The topological polar surface area (TPSA) is 46.9 Å². The van der Waals surface area contributed by atoms with Gasteiger partial charge in [-0.2, -0.15) is 0 Å². The average Bonchev–Trinajstić information content (AvgIpc) is 3.22. The van der Waals surface area contributed by atoms with Crippen molar-refractivity contribution in [2.45, 2.75) is 19.4 Å². The standard InChI is InChI=1S/C23H21N3O/c1-17-8-7-13-24-23(17)25-22(27)16-21(26-14-4-5-15-26)20-12-6-10-18-9-2-3-11-19(18)20/h2-15,21H,16H2,1H3,(H,24,25,27)/t21-/m1/s1. The number of carbonyl (C=O) groups is 1. The van der Waals surface area contributed by atoms with Crippen LogP contribution in [0.4, 0.5) is 5.82 Å². The van der Waals surface area contributed by atoms with Gasteiger partial charge in [-0.05, 0) is 47.0 Å². The second-order valence-corrected chi connectivity index (χ2v) is 6.64. The molecule has 2 heterocycles. The van der Waals surface area contributed by atoms with Crippen molar-refractivity contribution < 1.29 is 4.79 Å². The van der Waals surface area contributed by atoms with Gasteiger partial charge in [0.25, 0.3) is 0 Å². The summed E-state index contributed by atoms with van der Waals surface area (Å²) in [5, 5.41) is 5.30. The van der Waals surface area contributed by atoms with Gasteiger partial charge in [0.05, 0.1) is 12.5 Å². The molecule has 0 aliphatic rings. The molecule has 0 aliphatic heterocycles. The SMILES string of the molecule is Cc1cccnc1NC(=O)C[C@H](c1cccc2ccccc12)n1cccc1. The van der Waals surface area contributed by atoms with Crippen molar-refractivity contribution in [1.29, 1.82) is 0 Å². The number of anilines is 1. The lowest BCUT2D eigenvalue weighted by atomic mass is 9.96. The molecule has 1 N–H and O–H groups in total. The largest absolute Gasteiger partial charge is 0.346 e. The van der Waals surface area contributed by atoms with Crippen molar-refractivity contribution in [1.82, 2.24) is 9.55 Å². The van der Waals surface area contributed by atoms with Crippen LogP contribution in [0.15, 0.2) is 85.3 Å². The minimum atomic E-state index is -0.0879. The van der Waals surface area contributed by atoms with E-state index in [1.165, 1.54) is 10.8 Å². The Kier molecular flexibility index (Phi) is 4.71. The Morgan fingerprint density at radius 2 is 1.78 bits per heavy atom. The molecule has 4 heteroatoms. The summed E-state index contributed by atoms with van der Waals surface area (Å²) >= 11 is 0. The van der Waals surface area contributed by atoms with Crippen molar-refractivity contribution in [3.63, 3.8) is 0 Å². The number of pyridine rings is 1. The number of nitrogens with zero attached hydrogens (tertiary/aromatic N) is 2. The molecule has 4 nitrogen and oxygen atoms in total. The number of fused-ring (bicyclic) bond motifs is 1. The first kappa shape index (κ1) is 17.0. The molecule has 2 aromatic carbocycles. The van der Waals surface area contributed by atoms with Crippen LogP contribution < -0.4 is 5.32 Å². The van der Waals surface area contributed by atoms with Crippen LogP contribution in [-0.4, -0.2) is 15.5 Å². The van der Waals surface area contributed by atoms with E-state index in [2.05, 4.69) is 45.2 Å². The second-order valence-electron chi connectivity index (χ2n) is 6.64. The maximum absolute atomic E-state index is 12.8. The number of nitrogens with one attached hydrogen (secondary N) is 1. The van der Waals surface area contributed by atoms with E-state index in [0.29, 0.717) is 12.2 Å². The van der Waals surface area contributed by atoms with E-state index >= 15 is 0 Å². The molecule has 0 radical (unpaired) electrons. The van der Waals surface area contributed by atoms with E-state index in [1.807, 2.05) is 55.7 Å². The zero-order valence-electron chi connectivity index (χ0n) is 15.2. The second kappa shape index (κ2) is 7.46. The summed E-state index contributed by atoms with van der Waals surface area (Å²) in [6.07, 6.45) is 6.03. The van der Waals surface area contributed by atoms with Crippen LogP contribution in [0.1, 0.15) is 23.6 Å². The van der Waals surface area contributed by atoms with Gasteiger partial charge >= 0.3 is 0 Å². The third kappa shape index (κ3) is 3.60. The van der Waals surface area contributed by atoms with Gasteiger partial charge in [0, 0.05) is 18.6 Å². The smallest absolute Gasteiger partial charge is 0.227 e. The van der Waals surface area contributed by atoms with Crippen molar-refractivity contribution in [2.24, 2.45) is 0 Å². The van der Waals surface area contributed by atoms with Crippen LogP contribution in [0.25, 0.3) is 10.8 Å². The molecular weight excluding hydrogens is 334 g/mol. The highest BCUT2D eigenvalue weighted by Crippen LogP contribution is 2.30. The first-order chi connectivity index (χ1) is 13.2. The fourth-order valence-electron chi connectivity index (χ4n) is 3.45. The summed E-state index contributed by atoms with van der Waals surface area (Å²) in [6.45, 7) is 1.94. The van der Waals surface area contributed by atoms with Crippen LogP contribution in [0, 0.1) is 6.92 Å². The highest BCUT2D eigenvalue weighted by atomic mass is 16.1. The summed E-state index contributed by atoms with van der Waals surface area (Å²) in [4.78, 5) is 17.1. The lowest BCUT2D eigenvalue weighted by Gasteiger charge is -2.21. The molecule has 1 amide bonds. The number of hydrogen-bond acceptors (Lipinski definition) is 2. The molecule has 134 valence electrons. The Bertz CT molecular complexity index is 1060. The van der Waals surface area contributed by atoms with E-state index in [4.69, 9.17) is 0 Å². The number of rotatable bonds is 5. The number of aryl methyl sites for hydroxylation is 1. The number of benzene rings is 2. The molecule has 0 spiro atoms. The maximum atomic E-state index is 12.8. The number of hydrogen-bond donors (Lipinski definition) is 1. The Labute approximate surface area is 158 Å². The fraction of sp³-hybridized carbons (Fsp3) is 0.130. The minimum absolute atomic E-state index is 0.0524. The van der Waals surface area contributed by atoms with Crippen LogP contribution in [0.3, 0.4) is 0 Å². The molecule has 1 atom stereocenters. The summed E-state index contributed by atoms with van der Waals surface area (Å²) < 4.78 is 2.09. The lowest BCUT2D eigenvalue weighted by Crippen LogP contribution is -2.20. The monoisotopic (exact) mass is 355 g/mol. The van der Waals surface area contributed by atoms with Gasteiger partial charge in [-0.1, -0.05) is 48.5 Å². The van der Waals surface area contributed by atoms with Gasteiger partial charge in [-0.3, -0.25) is 4.79 Å². The Morgan fingerprint density at radius 1 is 1.00 bits per heavy atom. The molecular formula is C23H21N3O. The van der Waals surface area contributed by atoms with E-state index < -0.39 is 0 Å². The van der Waals surface area contributed by atoms with Crippen molar-refractivity contribution in [3.8, 4) is 0 Å². The van der Waals surface area contributed by atoms with E-state index in [9.17, 15) is 4.79 Å². The average molecular weight is 355 g/mol. The summed E-state index contributed by atoms with van der Waals surface area (Å²) in [6, 6.07) is 22.2. The fourth-order valence-corrected chi connectivity index (χ4v) is 3.45. The normalized spacial score (nSPS) is 12.0. The quantitative estimate of drug-likeness (QED) is 0.550. The molecule has 4 rings (SSSR count). The Balaban J connectivity index is 1.68. The molecule has 4 aromatic rings. The third-order valence-corrected chi connectivity index (χ3v) is 4.82. The molecule has 0 saturated heterocycles. The van der Waals surface area contributed by atoms with E-state index in [1.54, 1.807) is 6.20 Å². The van der Waals surface area contributed by atoms with Crippen molar-refractivity contribution >= 4 is 22.5 Å². The molecule has 0 fully saturated rings. The van der Waals surface area contributed by atoms with Crippen molar-refractivity contribution in [3.05, 3.63) is 96.4 Å². The summed E-state index contributed by atoms with van der Waals surface area (Å²) in [7, 11) is 0. The van der Waals surface area contributed by atoms with Crippen LogP contribution in [0.5, 0.6) is 0 Å². The highest BCUT2D eigenvalue weighted by Gasteiger charge is 2.20. The molecule has 0 saturated carbocycles. The molecule has 27 heavy (non-hydrogen) atoms. The van der Waals surface area contributed by atoms with Crippen molar-refractivity contribution in [2.75, 3.05) is 5.32 Å². The van der Waals surface area contributed by atoms with Gasteiger partial charge < -0.3 is 9.88 Å². The highest BCUT2D eigenvalue weighted by molar-refractivity contribution is 5.92. The molecule has 0 aliphatic carbocycles. The Morgan fingerprint density at radius 3 is 2.59 bits per heavy atom. The predicted molar refractivity (Wildman–Crippen MR) is 109 cm³/mol. The van der Waals surface area contributed by atoms with Crippen LogP contribution in [-0.2, 0) is 4.79 Å². The van der Waals surface area contributed by atoms with Gasteiger partial charge in [-0.25, -0.2) is 4.98 Å². The van der Waals surface area contributed by atoms with Crippen LogP contribution in [0.2, 0.25) is 0 Å². The van der Waals surface area contributed by atoms with Crippen LogP contribution >= 0.6 is 0 Å². The van der Waals surface area contributed by atoms with Gasteiger partial charge in [0.15, 0.2) is 0 Å². The first-order valence-corrected chi connectivity index (χ1v) is 9.04. The summed E-state index contributed by atoms with van der Waals surface area (Å²) in [5.74, 6) is 0.565. The first-order valence-electron chi connectivity index (χ1n) is 9.04. The number of amides is 1. The number of aromatic nitrogens is 2. The van der Waals surface area contributed by atoms with E-state index in [0.717, 1.165) is 11.1 Å². The molecule has 0 bridgehead atoms. The zero-order valence-corrected chi connectivity index (χ0v) is 15.2. The van der Waals surface area contributed by atoms with E-state index in [-0.39, 0.29) is 11.9 Å².